The van der Waals surface area contributed by atoms with Gasteiger partial charge in [0.1, 0.15) is 5.75 Å². The van der Waals surface area contributed by atoms with Crippen molar-refractivity contribution in [1.29, 1.82) is 0 Å². The Labute approximate surface area is 97.4 Å². The summed E-state index contributed by atoms with van der Waals surface area (Å²) in [4.78, 5) is 4.63. The first kappa shape index (κ1) is 11.2. The zero-order valence-corrected chi connectivity index (χ0v) is 10.1. The topological polar surface area (TPSA) is 21.6 Å². The minimum Gasteiger partial charge on any atom is -0.496 e. The number of benzene rings is 1. The summed E-state index contributed by atoms with van der Waals surface area (Å²) in [6.45, 7) is 3.14. The summed E-state index contributed by atoms with van der Waals surface area (Å²) in [7, 11) is 1.75. The van der Waals surface area contributed by atoms with Gasteiger partial charge in [-0.15, -0.1) is 0 Å². The third kappa shape index (κ3) is 2.26. The molecule has 0 aliphatic heterocycles. The van der Waals surface area contributed by atoms with E-state index in [1.54, 1.807) is 7.11 Å². The van der Waals surface area contributed by atoms with E-state index in [1.807, 2.05) is 6.07 Å². The van der Waals surface area contributed by atoms with E-state index in [0.29, 0.717) is 0 Å². The van der Waals surface area contributed by atoms with Crippen LogP contribution in [-0.4, -0.2) is 19.4 Å². The summed E-state index contributed by atoms with van der Waals surface area (Å²) in [6.07, 6.45) is 4.30. The monoisotopic (exact) mass is 217 g/mol. The maximum atomic E-state index is 5.39. The number of hydrogen-bond donors (Lipinski definition) is 0. The number of rotatable bonds is 3. The third-order valence-electron chi connectivity index (χ3n) is 3.07. The minimum atomic E-state index is 0.967. The van der Waals surface area contributed by atoms with E-state index in [1.165, 1.54) is 16.8 Å². The van der Waals surface area contributed by atoms with Crippen LogP contribution in [-0.2, 0) is 12.8 Å². The van der Waals surface area contributed by atoms with Gasteiger partial charge < -0.3 is 4.74 Å². The van der Waals surface area contributed by atoms with E-state index < -0.39 is 0 Å². The predicted molar refractivity (Wildman–Crippen MR) is 67.6 cm³/mol. The molecule has 2 rings (SSSR count). The van der Waals surface area contributed by atoms with Gasteiger partial charge >= 0.3 is 0 Å². The van der Waals surface area contributed by atoms with Crippen molar-refractivity contribution in [3.05, 3.63) is 29.3 Å². The highest BCUT2D eigenvalue weighted by Crippen LogP contribution is 2.28. The van der Waals surface area contributed by atoms with Gasteiger partial charge in [0.2, 0.25) is 0 Å². The molecule has 0 spiro atoms. The Kier molecular flexibility index (Phi) is 3.60. The molecule has 1 aromatic carbocycles. The Morgan fingerprint density at radius 1 is 1.31 bits per heavy atom. The molecule has 1 aromatic rings. The molecule has 0 saturated carbocycles. The Hall–Kier alpha value is -1.31. The van der Waals surface area contributed by atoms with E-state index in [-0.39, 0.29) is 0 Å². The van der Waals surface area contributed by atoms with Crippen molar-refractivity contribution in [3.8, 4) is 5.75 Å². The lowest BCUT2D eigenvalue weighted by Crippen LogP contribution is -2.15. The average Bonchev–Trinajstić information content (AvgIpc) is 2.35. The van der Waals surface area contributed by atoms with Gasteiger partial charge in [-0.3, -0.25) is 4.99 Å². The van der Waals surface area contributed by atoms with Gasteiger partial charge in [-0.05, 0) is 36.5 Å². The van der Waals surface area contributed by atoms with Crippen molar-refractivity contribution in [2.75, 3.05) is 13.7 Å². The number of methoxy groups -OCH3 is 1. The van der Waals surface area contributed by atoms with Crippen LogP contribution in [0.3, 0.4) is 0 Å². The number of aliphatic imine (C=N–C) groups is 1. The summed E-state index contributed by atoms with van der Waals surface area (Å²) in [5.41, 5.74) is 4.11. The molecule has 0 atom stereocenters. The maximum absolute atomic E-state index is 5.39. The zero-order valence-electron chi connectivity index (χ0n) is 10.1. The first-order chi connectivity index (χ1) is 7.85. The van der Waals surface area contributed by atoms with Crippen LogP contribution in [0.1, 0.15) is 30.9 Å². The molecule has 0 aromatic heterocycles. The lowest BCUT2D eigenvalue weighted by atomic mass is 9.89. The molecule has 0 N–H and O–H groups in total. The van der Waals surface area contributed by atoms with Crippen LogP contribution in [0.15, 0.2) is 23.2 Å². The van der Waals surface area contributed by atoms with Crippen LogP contribution in [0, 0.1) is 0 Å². The van der Waals surface area contributed by atoms with Gasteiger partial charge in [0, 0.05) is 18.7 Å². The Bertz CT molecular complexity index is 396. The molecule has 1 aliphatic rings. The second kappa shape index (κ2) is 5.15. The SMILES string of the molecule is CCCN=C1CCc2c(cccc2OC)C1. The zero-order chi connectivity index (χ0) is 11.4. The quantitative estimate of drug-likeness (QED) is 0.762. The molecular formula is C14H19NO. The Morgan fingerprint density at radius 3 is 2.94 bits per heavy atom. The molecule has 0 radical (unpaired) electrons. The molecular weight excluding hydrogens is 198 g/mol. The predicted octanol–water partition coefficient (Wildman–Crippen LogP) is 3.03. The number of hydrogen-bond acceptors (Lipinski definition) is 2. The van der Waals surface area contributed by atoms with Crippen LogP contribution in [0.2, 0.25) is 0 Å². The Morgan fingerprint density at radius 2 is 2.19 bits per heavy atom. The van der Waals surface area contributed by atoms with Crippen molar-refractivity contribution < 1.29 is 4.74 Å². The second-order valence-corrected chi connectivity index (χ2v) is 4.22. The van der Waals surface area contributed by atoms with Crippen molar-refractivity contribution in [2.24, 2.45) is 4.99 Å². The number of nitrogens with zero attached hydrogens (tertiary/aromatic N) is 1. The van der Waals surface area contributed by atoms with Crippen LogP contribution >= 0.6 is 0 Å². The van der Waals surface area contributed by atoms with E-state index in [9.17, 15) is 0 Å². The van der Waals surface area contributed by atoms with Crippen molar-refractivity contribution in [2.45, 2.75) is 32.6 Å². The average molecular weight is 217 g/mol. The summed E-state index contributed by atoms with van der Waals surface area (Å²) < 4.78 is 5.39. The molecule has 0 fully saturated rings. The van der Waals surface area contributed by atoms with E-state index in [0.717, 1.165) is 38.0 Å². The highest BCUT2D eigenvalue weighted by molar-refractivity contribution is 5.88. The summed E-state index contributed by atoms with van der Waals surface area (Å²) in [5, 5.41) is 0. The fourth-order valence-electron chi connectivity index (χ4n) is 2.23. The molecule has 0 heterocycles. The van der Waals surface area contributed by atoms with E-state index >= 15 is 0 Å². The van der Waals surface area contributed by atoms with Crippen molar-refractivity contribution >= 4 is 5.71 Å². The largest absolute Gasteiger partial charge is 0.496 e. The molecule has 0 bridgehead atoms. The molecule has 2 nitrogen and oxygen atoms in total. The standard InChI is InChI=1S/C14H19NO/c1-3-9-15-12-7-8-13-11(10-12)5-4-6-14(13)16-2/h4-6H,3,7-10H2,1-2H3. The first-order valence-electron chi connectivity index (χ1n) is 6.02. The Balaban J connectivity index is 2.21. The van der Waals surface area contributed by atoms with E-state index in [2.05, 4.69) is 24.0 Å². The van der Waals surface area contributed by atoms with Crippen molar-refractivity contribution in [3.63, 3.8) is 0 Å². The van der Waals surface area contributed by atoms with Crippen LogP contribution < -0.4 is 4.74 Å². The van der Waals surface area contributed by atoms with Crippen molar-refractivity contribution in [1.82, 2.24) is 0 Å². The number of fused-ring (bicyclic) bond motifs is 1. The summed E-state index contributed by atoms with van der Waals surface area (Å²) in [6, 6.07) is 6.31. The summed E-state index contributed by atoms with van der Waals surface area (Å²) in [5.74, 6) is 1.03. The molecule has 2 heteroatoms. The second-order valence-electron chi connectivity index (χ2n) is 4.22. The fraction of sp³-hybridized carbons (Fsp3) is 0.500. The molecule has 0 saturated heterocycles. The fourth-order valence-corrected chi connectivity index (χ4v) is 2.23. The van der Waals surface area contributed by atoms with Gasteiger partial charge in [0.25, 0.3) is 0 Å². The maximum Gasteiger partial charge on any atom is 0.122 e. The molecule has 0 unspecified atom stereocenters. The molecule has 0 amide bonds. The normalized spacial score (nSPS) is 17.2. The summed E-state index contributed by atoms with van der Waals surface area (Å²) >= 11 is 0. The van der Waals surface area contributed by atoms with Gasteiger partial charge in [-0.25, -0.2) is 0 Å². The lowest BCUT2D eigenvalue weighted by Gasteiger charge is -2.20. The van der Waals surface area contributed by atoms with Crippen LogP contribution in [0.25, 0.3) is 0 Å². The minimum absolute atomic E-state index is 0.967. The van der Waals surface area contributed by atoms with Gasteiger partial charge in [0.05, 0.1) is 7.11 Å². The van der Waals surface area contributed by atoms with Crippen LogP contribution in [0.5, 0.6) is 5.75 Å². The first-order valence-corrected chi connectivity index (χ1v) is 6.02. The highest BCUT2D eigenvalue weighted by atomic mass is 16.5. The van der Waals surface area contributed by atoms with Gasteiger partial charge in [-0.1, -0.05) is 19.1 Å². The van der Waals surface area contributed by atoms with Crippen LogP contribution in [0.4, 0.5) is 0 Å². The highest BCUT2D eigenvalue weighted by Gasteiger charge is 2.16. The molecule has 1 aliphatic carbocycles. The molecule has 16 heavy (non-hydrogen) atoms. The lowest BCUT2D eigenvalue weighted by molar-refractivity contribution is 0.409. The molecule has 86 valence electrons. The van der Waals surface area contributed by atoms with Gasteiger partial charge in [0.15, 0.2) is 0 Å². The number of ether oxygens (including phenoxy) is 1. The smallest absolute Gasteiger partial charge is 0.122 e. The van der Waals surface area contributed by atoms with E-state index in [4.69, 9.17) is 4.74 Å². The third-order valence-corrected chi connectivity index (χ3v) is 3.07. The van der Waals surface area contributed by atoms with Gasteiger partial charge in [-0.2, -0.15) is 0 Å².